The number of carbonyl (C=O) groups excluding carboxylic acids is 1. The van der Waals surface area contributed by atoms with Crippen LogP contribution in [0.4, 0.5) is 5.69 Å². The van der Waals surface area contributed by atoms with Crippen molar-refractivity contribution in [2.24, 2.45) is 5.92 Å². The normalized spacial score (nSPS) is 13.2. The highest BCUT2D eigenvalue weighted by Crippen LogP contribution is 2.22. The molecule has 0 fully saturated rings. The highest BCUT2D eigenvalue weighted by molar-refractivity contribution is 7.89. The molecule has 1 unspecified atom stereocenters. The van der Waals surface area contributed by atoms with E-state index in [2.05, 4.69) is 5.32 Å². The molecule has 2 N–H and O–H groups in total. The van der Waals surface area contributed by atoms with Crippen LogP contribution in [0.3, 0.4) is 0 Å². The van der Waals surface area contributed by atoms with Gasteiger partial charge in [-0.3, -0.25) is 4.79 Å². The number of aliphatic hydroxyl groups excluding tert-OH is 1. The average Bonchev–Trinajstić information content (AvgIpc) is 2.92. The van der Waals surface area contributed by atoms with E-state index in [1.54, 1.807) is 18.2 Å². The van der Waals surface area contributed by atoms with Gasteiger partial charge in [0, 0.05) is 38.4 Å². The van der Waals surface area contributed by atoms with Crippen LogP contribution < -0.4 is 15.0 Å². The monoisotopic (exact) mass is 567 g/mol. The van der Waals surface area contributed by atoms with Crippen LogP contribution in [0.1, 0.15) is 35.3 Å². The predicted octanol–water partition coefficient (Wildman–Crippen LogP) is 4.12. The summed E-state index contributed by atoms with van der Waals surface area (Å²) in [5, 5.41) is 14.5. The number of sulfonamides is 1. The lowest BCUT2D eigenvalue weighted by atomic mass is 9.99. The summed E-state index contributed by atoms with van der Waals surface area (Å²) in [7, 11) is 1.46. The summed E-state index contributed by atoms with van der Waals surface area (Å²) in [6.45, 7) is 5.75. The summed E-state index contributed by atoms with van der Waals surface area (Å²) >= 11 is 0. The van der Waals surface area contributed by atoms with Gasteiger partial charge < -0.3 is 20.1 Å². The molecule has 9 heteroatoms. The van der Waals surface area contributed by atoms with Gasteiger partial charge in [0.2, 0.25) is 10.0 Å². The predicted molar refractivity (Wildman–Crippen MR) is 160 cm³/mol. The average molecular weight is 568 g/mol. The largest absolute Gasteiger partial charge is 0.497 e. The maximum absolute atomic E-state index is 13.6. The molecular weight excluding hydrogens is 526 g/mol. The van der Waals surface area contributed by atoms with Gasteiger partial charge in [0.1, 0.15) is 5.75 Å². The molecule has 3 aromatic rings. The van der Waals surface area contributed by atoms with Crippen LogP contribution >= 0.6 is 0 Å². The zero-order valence-corrected chi connectivity index (χ0v) is 25.0. The van der Waals surface area contributed by atoms with E-state index in [0.29, 0.717) is 17.7 Å². The lowest BCUT2D eigenvalue weighted by Gasteiger charge is -2.31. The fourth-order valence-corrected chi connectivity index (χ4v) is 6.11. The minimum absolute atomic E-state index is 0.0141. The standard InChI is InChI=1S/C31H41N3O5S/c1-22(2)20-34(40(37,38)27-15-13-26(39-6)14-16-27)21-30(35)29(19-24-10-8-7-9-11-24)32-31(36)28-17-12-25(33(4)5)18-23(28)3/h7-18,22,29-30,35H,19-21H2,1-6H3,(H,32,36)/t29-,30?/m0/s1. The Balaban J connectivity index is 1.90. The summed E-state index contributed by atoms with van der Waals surface area (Å²) in [6, 6.07) is 20.6. The van der Waals surface area contributed by atoms with Crippen molar-refractivity contribution >= 4 is 21.6 Å². The number of amides is 1. The zero-order chi connectivity index (χ0) is 29.4. The number of carbonyl (C=O) groups is 1. The van der Waals surface area contributed by atoms with Gasteiger partial charge in [-0.25, -0.2) is 8.42 Å². The molecule has 216 valence electrons. The first-order valence-electron chi connectivity index (χ1n) is 13.4. The molecule has 0 saturated heterocycles. The molecule has 0 radical (unpaired) electrons. The molecule has 1 amide bonds. The quantitative estimate of drug-likeness (QED) is 0.323. The molecular formula is C31H41N3O5S. The summed E-state index contributed by atoms with van der Waals surface area (Å²) in [5.41, 5.74) is 3.20. The number of rotatable bonds is 13. The van der Waals surface area contributed by atoms with E-state index in [9.17, 15) is 18.3 Å². The van der Waals surface area contributed by atoms with Gasteiger partial charge in [0.15, 0.2) is 0 Å². The van der Waals surface area contributed by atoms with Crippen molar-refractivity contribution in [3.63, 3.8) is 0 Å². The minimum atomic E-state index is -3.92. The Bertz CT molecular complexity index is 1360. The summed E-state index contributed by atoms with van der Waals surface area (Å²) in [5.74, 6) is 0.241. The number of nitrogens with one attached hydrogen (secondary N) is 1. The van der Waals surface area contributed by atoms with Crippen molar-refractivity contribution in [1.82, 2.24) is 9.62 Å². The Kier molecular flexibility index (Phi) is 10.7. The second-order valence-electron chi connectivity index (χ2n) is 10.6. The molecule has 40 heavy (non-hydrogen) atoms. The Labute approximate surface area is 238 Å². The fraction of sp³-hybridized carbons (Fsp3) is 0.387. The minimum Gasteiger partial charge on any atom is -0.497 e. The van der Waals surface area contributed by atoms with Crippen molar-refractivity contribution in [1.29, 1.82) is 0 Å². The van der Waals surface area contributed by atoms with E-state index in [4.69, 9.17) is 4.74 Å². The molecule has 0 heterocycles. The van der Waals surface area contributed by atoms with Crippen molar-refractivity contribution in [2.75, 3.05) is 39.2 Å². The number of methoxy groups -OCH3 is 1. The van der Waals surface area contributed by atoms with E-state index >= 15 is 0 Å². The maximum atomic E-state index is 13.6. The third-order valence-electron chi connectivity index (χ3n) is 6.71. The second kappa shape index (κ2) is 13.8. The number of anilines is 1. The Morgan fingerprint density at radius 1 is 0.975 bits per heavy atom. The number of nitrogens with zero attached hydrogens (tertiary/aromatic N) is 2. The lowest BCUT2D eigenvalue weighted by Crippen LogP contribution is -2.51. The van der Waals surface area contributed by atoms with Crippen molar-refractivity contribution in [2.45, 2.75) is 44.2 Å². The number of hydrogen-bond donors (Lipinski definition) is 2. The molecule has 0 aromatic heterocycles. The van der Waals surface area contributed by atoms with Gasteiger partial charge in [0.05, 0.1) is 24.2 Å². The number of aliphatic hydroxyl groups is 1. The van der Waals surface area contributed by atoms with Gasteiger partial charge >= 0.3 is 0 Å². The maximum Gasteiger partial charge on any atom is 0.251 e. The van der Waals surface area contributed by atoms with Crippen molar-refractivity contribution in [3.05, 3.63) is 89.5 Å². The highest BCUT2D eigenvalue weighted by Gasteiger charge is 2.31. The molecule has 0 saturated carbocycles. The second-order valence-corrected chi connectivity index (χ2v) is 12.6. The summed E-state index contributed by atoms with van der Waals surface area (Å²) in [4.78, 5) is 15.5. The first-order chi connectivity index (χ1) is 18.9. The van der Waals surface area contributed by atoms with Gasteiger partial charge in [-0.05, 0) is 72.9 Å². The molecule has 0 aliphatic carbocycles. The lowest BCUT2D eigenvalue weighted by molar-refractivity contribution is 0.0775. The molecule has 8 nitrogen and oxygen atoms in total. The third-order valence-corrected chi connectivity index (χ3v) is 8.55. The number of hydrogen-bond acceptors (Lipinski definition) is 6. The first-order valence-corrected chi connectivity index (χ1v) is 14.8. The van der Waals surface area contributed by atoms with Gasteiger partial charge in [-0.15, -0.1) is 0 Å². The number of ether oxygens (including phenoxy) is 1. The van der Waals surface area contributed by atoms with Gasteiger partial charge in [0.25, 0.3) is 5.91 Å². The molecule has 0 spiro atoms. The van der Waals surface area contributed by atoms with E-state index in [1.807, 2.05) is 82.2 Å². The van der Waals surface area contributed by atoms with Crippen LogP contribution in [0.5, 0.6) is 5.75 Å². The van der Waals surface area contributed by atoms with Crippen molar-refractivity contribution < 1.29 is 23.1 Å². The van der Waals surface area contributed by atoms with E-state index in [-0.39, 0.29) is 29.8 Å². The molecule has 3 rings (SSSR count). The molecule has 0 aliphatic rings. The van der Waals surface area contributed by atoms with Crippen LogP contribution in [0.25, 0.3) is 0 Å². The molecule has 2 atom stereocenters. The SMILES string of the molecule is COc1ccc(S(=O)(=O)N(CC(C)C)CC(O)[C@H](Cc2ccccc2)NC(=O)c2ccc(N(C)C)cc2C)cc1. The third kappa shape index (κ3) is 8.06. The molecule has 0 bridgehead atoms. The number of benzene rings is 3. The Hall–Kier alpha value is -3.40. The molecule has 3 aromatic carbocycles. The van der Waals surface area contributed by atoms with Crippen LogP contribution in [0, 0.1) is 12.8 Å². The fourth-order valence-electron chi connectivity index (χ4n) is 4.49. The zero-order valence-electron chi connectivity index (χ0n) is 24.2. The van der Waals surface area contributed by atoms with Gasteiger partial charge in [-0.2, -0.15) is 4.31 Å². The Morgan fingerprint density at radius 3 is 2.17 bits per heavy atom. The summed E-state index contributed by atoms with van der Waals surface area (Å²) in [6.07, 6.45) is -0.835. The van der Waals surface area contributed by atoms with Crippen molar-refractivity contribution in [3.8, 4) is 5.75 Å². The van der Waals surface area contributed by atoms with Crippen LogP contribution in [0.15, 0.2) is 77.7 Å². The Morgan fingerprint density at radius 2 is 1.62 bits per heavy atom. The van der Waals surface area contributed by atoms with Crippen LogP contribution in [0.2, 0.25) is 0 Å². The van der Waals surface area contributed by atoms with E-state index < -0.39 is 22.2 Å². The van der Waals surface area contributed by atoms with E-state index in [1.165, 1.54) is 23.5 Å². The number of aryl methyl sites for hydroxylation is 1. The summed E-state index contributed by atoms with van der Waals surface area (Å²) < 4.78 is 33.7. The topological polar surface area (TPSA) is 99.2 Å². The van der Waals surface area contributed by atoms with Gasteiger partial charge in [-0.1, -0.05) is 44.2 Å². The van der Waals surface area contributed by atoms with Crippen LogP contribution in [-0.2, 0) is 16.4 Å². The first kappa shape index (κ1) is 31.1. The highest BCUT2D eigenvalue weighted by atomic mass is 32.2. The van der Waals surface area contributed by atoms with Crippen LogP contribution in [-0.4, -0.2) is 70.2 Å². The van der Waals surface area contributed by atoms with E-state index in [0.717, 1.165) is 16.8 Å². The smallest absolute Gasteiger partial charge is 0.251 e. The molecule has 0 aliphatic heterocycles.